The second-order valence-corrected chi connectivity index (χ2v) is 6.66. The lowest BCUT2D eigenvalue weighted by atomic mass is 10.2. The Hall–Kier alpha value is -3.13. The first-order valence-corrected chi connectivity index (χ1v) is 9.74. The summed E-state index contributed by atoms with van der Waals surface area (Å²) in [6, 6.07) is 10.8. The molecule has 0 bridgehead atoms. The number of nitrogens with zero attached hydrogens (tertiary/aromatic N) is 1. The normalized spacial score (nSPS) is 10.5. The van der Waals surface area contributed by atoms with Crippen molar-refractivity contribution in [2.75, 3.05) is 24.6 Å². The predicted octanol–water partition coefficient (Wildman–Crippen LogP) is 2.61. The van der Waals surface area contributed by atoms with Crippen LogP contribution in [0, 0.1) is 0 Å². The minimum atomic E-state index is -0.637. The standard InChI is InChI=1S/C20H23N3O4S/c1-3-23(4-2)16-9-7-15(8-10-16)20(26)22-21-18(24)14-27-19(25)12-11-17-6-5-13-28-17/h5-13H,3-4,14H2,1-2H3,(H,21,24)(H,22,26)/b12-11+. The molecule has 0 aliphatic carbocycles. The van der Waals surface area contributed by atoms with Crippen molar-refractivity contribution in [3.63, 3.8) is 0 Å². The molecule has 1 aromatic heterocycles. The zero-order valence-electron chi connectivity index (χ0n) is 15.8. The van der Waals surface area contributed by atoms with Gasteiger partial charge in [0.2, 0.25) is 0 Å². The number of amides is 2. The number of hydrogen-bond acceptors (Lipinski definition) is 6. The Labute approximate surface area is 168 Å². The van der Waals surface area contributed by atoms with Crippen molar-refractivity contribution in [2.24, 2.45) is 0 Å². The molecule has 2 rings (SSSR count). The Morgan fingerprint density at radius 3 is 2.39 bits per heavy atom. The van der Waals surface area contributed by atoms with E-state index < -0.39 is 24.4 Å². The van der Waals surface area contributed by atoms with E-state index >= 15 is 0 Å². The van der Waals surface area contributed by atoms with Crippen LogP contribution in [-0.2, 0) is 14.3 Å². The van der Waals surface area contributed by atoms with Gasteiger partial charge in [-0.3, -0.25) is 20.4 Å². The van der Waals surface area contributed by atoms with E-state index in [-0.39, 0.29) is 0 Å². The van der Waals surface area contributed by atoms with Crippen molar-refractivity contribution >= 4 is 40.9 Å². The molecule has 148 valence electrons. The van der Waals surface area contributed by atoms with Crippen molar-refractivity contribution in [1.82, 2.24) is 10.9 Å². The molecule has 1 aromatic carbocycles. The van der Waals surface area contributed by atoms with Gasteiger partial charge in [0, 0.05) is 35.3 Å². The number of thiophene rings is 1. The number of carbonyl (C=O) groups is 3. The van der Waals surface area contributed by atoms with Gasteiger partial charge < -0.3 is 9.64 Å². The van der Waals surface area contributed by atoms with Crippen LogP contribution in [0.4, 0.5) is 5.69 Å². The van der Waals surface area contributed by atoms with Gasteiger partial charge in [-0.15, -0.1) is 11.3 Å². The fourth-order valence-corrected chi connectivity index (χ4v) is 2.99. The first-order chi connectivity index (χ1) is 13.5. The second kappa shape index (κ2) is 10.9. The summed E-state index contributed by atoms with van der Waals surface area (Å²) in [5.41, 5.74) is 5.94. The van der Waals surface area contributed by atoms with E-state index in [0.717, 1.165) is 23.7 Å². The molecule has 0 aliphatic heterocycles. The third-order valence-electron chi connectivity index (χ3n) is 3.85. The van der Waals surface area contributed by atoms with E-state index in [1.54, 1.807) is 18.2 Å². The molecule has 0 spiro atoms. The average molecular weight is 401 g/mol. The molecular weight excluding hydrogens is 378 g/mol. The monoisotopic (exact) mass is 401 g/mol. The van der Waals surface area contributed by atoms with Crippen molar-refractivity contribution in [3.8, 4) is 0 Å². The third-order valence-corrected chi connectivity index (χ3v) is 4.68. The molecule has 0 atom stereocenters. The summed E-state index contributed by atoms with van der Waals surface area (Å²) in [5.74, 6) is -1.73. The molecule has 1 heterocycles. The number of rotatable bonds is 8. The van der Waals surface area contributed by atoms with E-state index in [1.165, 1.54) is 17.4 Å². The quantitative estimate of drug-likeness (QED) is 0.403. The minimum Gasteiger partial charge on any atom is -0.452 e. The number of ether oxygens (including phenoxy) is 1. The Kier molecular flexibility index (Phi) is 8.23. The van der Waals surface area contributed by atoms with Crippen LogP contribution in [0.2, 0.25) is 0 Å². The molecule has 28 heavy (non-hydrogen) atoms. The minimum absolute atomic E-state index is 0.409. The summed E-state index contributed by atoms with van der Waals surface area (Å²) in [6.07, 6.45) is 2.85. The number of carbonyl (C=O) groups excluding carboxylic acids is 3. The molecule has 7 nitrogen and oxygen atoms in total. The molecule has 2 N–H and O–H groups in total. The molecule has 0 aliphatic rings. The lowest BCUT2D eigenvalue weighted by Gasteiger charge is -2.21. The zero-order chi connectivity index (χ0) is 20.4. The highest BCUT2D eigenvalue weighted by Crippen LogP contribution is 2.14. The number of esters is 1. The van der Waals surface area contributed by atoms with Gasteiger partial charge in [-0.1, -0.05) is 6.07 Å². The van der Waals surface area contributed by atoms with Crippen LogP contribution < -0.4 is 15.8 Å². The Morgan fingerprint density at radius 1 is 1.07 bits per heavy atom. The maximum atomic E-state index is 12.1. The Bertz CT molecular complexity index is 812. The van der Waals surface area contributed by atoms with Crippen LogP contribution in [-0.4, -0.2) is 37.5 Å². The van der Waals surface area contributed by atoms with E-state index in [4.69, 9.17) is 4.74 Å². The first kappa shape index (κ1) is 21.2. The van der Waals surface area contributed by atoms with Crippen LogP contribution in [0.15, 0.2) is 47.9 Å². The van der Waals surface area contributed by atoms with Gasteiger partial charge in [0.05, 0.1) is 0 Å². The van der Waals surface area contributed by atoms with Crippen molar-refractivity contribution in [1.29, 1.82) is 0 Å². The van der Waals surface area contributed by atoms with Gasteiger partial charge >= 0.3 is 5.97 Å². The van der Waals surface area contributed by atoms with E-state index in [1.807, 2.05) is 29.6 Å². The van der Waals surface area contributed by atoms with E-state index in [2.05, 4.69) is 29.6 Å². The molecule has 8 heteroatoms. The van der Waals surface area contributed by atoms with Crippen molar-refractivity contribution < 1.29 is 19.1 Å². The van der Waals surface area contributed by atoms with E-state index in [9.17, 15) is 14.4 Å². The third kappa shape index (κ3) is 6.55. The van der Waals surface area contributed by atoms with E-state index in [0.29, 0.717) is 5.56 Å². The SMILES string of the molecule is CCN(CC)c1ccc(C(=O)NNC(=O)COC(=O)/C=C/c2cccs2)cc1. The van der Waals surface area contributed by atoms with Crippen LogP contribution in [0.25, 0.3) is 6.08 Å². The summed E-state index contributed by atoms with van der Waals surface area (Å²) < 4.78 is 4.82. The van der Waals surface area contributed by atoms with Gasteiger partial charge in [0.25, 0.3) is 11.8 Å². The van der Waals surface area contributed by atoms with Gasteiger partial charge in [-0.05, 0) is 55.6 Å². The van der Waals surface area contributed by atoms with Crippen LogP contribution in [0.3, 0.4) is 0 Å². The largest absolute Gasteiger partial charge is 0.452 e. The summed E-state index contributed by atoms with van der Waals surface area (Å²) in [5, 5.41) is 1.89. The summed E-state index contributed by atoms with van der Waals surface area (Å²) in [7, 11) is 0. The molecule has 2 aromatic rings. The molecule has 2 amide bonds. The molecule has 0 saturated carbocycles. The summed E-state index contributed by atoms with van der Waals surface area (Å²) in [4.78, 5) is 38.4. The van der Waals surface area contributed by atoms with Gasteiger partial charge in [-0.25, -0.2) is 4.79 Å². The van der Waals surface area contributed by atoms with Crippen molar-refractivity contribution in [3.05, 3.63) is 58.3 Å². The molecular formula is C20H23N3O4S. The summed E-state index contributed by atoms with van der Waals surface area (Å²) in [6.45, 7) is 5.38. The highest BCUT2D eigenvalue weighted by atomic mass is 32.1. The molecule has 0 saturated heterocycles. The van der Waals surface area contributed by atoms with Gasteiger partial charge in [0.15, 0.2) is 6.61 Å². The average Bonchev–Trinajstić information content (AvgIpc) is 3.24. The van der Waals surface area contributed by atoms with Crippen molar-refractivity contribution in [2.45, 2.75) is 13.8 Å². The molecule has 0 radical (unpaired) electrons. The topological polar surface area (TPSA) is 87.7 Å². The maximum absolute atomic E-state index is 12.1. The highest BCUT2D eigenvalue weighted by molar-refractivity contribution is 7.10. The second-order valence-electron chi connectivity index (χ2n) is 5.68. The van der Waals surface area contributed by atoms with Gasteiger partial charge in [0.1, 0.15) is 0 Å². The van der Waals surface area contributed by atoms with Crippen LogP contribution in [0.5, 0.6) is 0 Å². The fraction of sp³-hybridized carbons (Fsp3) is 0.250. The molecule has 0 unspecified atom stereocenters. The lowest BCUT2D eigenvalue weighted by molar-refractivity contribution is -0.144. The fourth-order valence-electron chi connectivity index (χ4n) is 2.37. The maximum Gasteiger partial charge on any atom is 0.331 e. The number of benzene rings is 1. The first-order valence-electron chi connectivity index (χ1n) is 8.86. The van der Waals surface area contributed by atoms with Crippen LogP contribution in [0.1, 0.15) is 29.1 Å². The number of hydrazine groups is 1. The lowest BCUT2D eigenvalue weighted by Crippen LogP contribution is -2.43. The highest BCUT2D eigenvalue weighted by Gasteiger charge is 2.10. The predicted molar refractivity (Wildman–Crippen MR) is 110 cm³/mol. The number of hydrogen-bond donors (Lipinski definition) is 2. The number of nitrogens with one attached hydrogen (secondary N) is 2. The van der Waals surface area contributed by atoms with Crippen LogP contribution >= 0.6 is 11.3 Å². The Morgan fingerprint density at radius 2 is 1.79 bits per heavy atom. The zero-order valence-corrected chi connectivity index (χ0v) is 16.6. The smallest absolute Gasteiger partial charge is 0.331 e. The summed E-state index contributed by atoms with van der Waals surface area (Å²) >= 11 is 1.48. The molecule has 0 fully saturated rings. The van der Waals surface area contributed by atoms with Gasteiger partial charge in [-0.2, -0.15) is 0 Å². The number of anilines is 1. The Balaban J connectivity index is 1.74.